The minimum Gasteiger partial charge on any atom is -0.271 e. The van der Waals surface area contributed by atoms with Gasteiger partial charge in [0.1, 0.15) is 11.6 Å². The standard InChI is InChI=1S/C12H16F2N2O2S/c13-9-1-2-11(14)10(6-9)12(16-15)5-8-3-4-19(17,18)7-8/h1-2,6,8,12,16H,3-5,7,15H2. The van der Waals surface area contributed by atoms with Gasteiger partial charge in [0.25, 0.3) is 0 Å². The first-order chi connectivity index (χ1) is 8.91. The van der Waals surface area contributed by atoms with Crippen molar-refractivity contribution in [1.29, 1.82) is 0 Å². The number of nitrogens with two attached hydrogens (primary N) is 1. The molecular weight excluding hydrogens is 274 g/mol. The minimum atomic E-state index is -2.99. The second kappa shape index (κ2) is 5.52. The molecule has 1 aliphatic heterocycles. The zero-order chi connectivity index (χ0) is 14.0. The first kappa shape index (κ1) is 14.4. The van der Waals surface area contributed by atoms with Gasteiger partial charge in [-0.3, -0.25) is 11.3 Å². The van der Waals surface area contributed by atoms with Gasteiger partial charge in [-0.15, -0.1) is 0 Å². The maximum atomic E-state index is 13.7. The molecule has 0 saturated carbocycles. The second-order valence-electron chi connectivity index (χ2n) is 4.89. The molecule has 7 heteroatoms. The largest absolute Gasteiger partial charge is 0.271 e. The fourth-order valence-electron chi connectivity index (χ4n) is 2.46. The van der Waals surface area contributed by atoms with Gasteiger partial charge in [-0.2, -0.15) is 0 Å². The molecule has 1 aromatic rings. The Bertz CT molecular complexity index is 563. The first-order valence-corrected chi connectivity index (χ1v) is 7.85. The van der Waals surface area contributed by atoms with Crippen molar-refractivity contribution in [1.82, 2.24) is 5.43 Å². The molecule has 106 valence electrons. The summed E-state index contributed by atoms with van der Waals surface area (Å²) in [7, 11) is -2.99. The van der Waals surface area contributed by atoms with Gasteiger partial charge in [0.15, 0.2) is 9.84 Å². The number of rotatable bonds is 4. The second-order valence-corrected chi connectivity index (χ2v) is 7.12. The van der Waals surface area contributed by atoms with E-state index in [9.17, 15) is 17.2 Å². The lowest BCUT2D eigenvalue weighted by molar-refractivity contribution is 0.407. The number of nitrogens with one attached hydrogen (secondary N) is 1. The Hall–Kier alpha value is -1.05. The van der Waals surface area contributed by atoms with Crippen LogP contribution in [0.2, 0.25) is 0 Å². The van der Waals surface area contributed by atoms with Gasteiger partial charge < -0.3 is 0 Å². The van der Waals surface area contributed by atoms with Crippen molar-refractivity contribution in [3.05, 3.63) is 35.4 Å². The predicted octanol–water partition coefficient (Wildman–Crippen LogP) is 1.29. The van der Waals surface area contributed by atoms with E-state index in [4.69, 9.17) is 5.84 Å². The van der Waals surface area contributed by atoms with E-state index in [-0.39, 0.29) is 23.0 Å². The Morgan fingerprint density at radius 1 is 1.42 bits per heavy atom. The van der Waals surface area contributed by atoms with Gasteiger partial charge in [0, 0.05) is 11.6 Å². The van der Waals surface area contributed by atoms with E-state index in [0.717, 1.165) is 18.2 Å². The first-order valence-electron chi connectivity index (χ1n) is 6.03. The van der Waals surface area contributed by atoms with E-state index in [1.54, 1.807) is 0 Å². The molecule has 0 aliphatic carbocycles. The molecule has 1 aromatic carbocycles. The van der Waals surface area contributed by atoms with Crippen LogP contribution in [-0.4, -0.2) is 19.9 Å². The van der Waals surface area contributed by atoms with Crippen LogP contribution >= 0.6 is 0 Å². The van der Waals surface area contributed by atoms with Crippen LogP contribution in [0.25, 0.3) is 0 Å². The van der Waals surface area contributed by atoms with Crippen molar-refractivity contribution in [2.75, 3.05) is 11.5 Å². The smallest absolute Gasteiger partial charge is 0.150 e. The number of hydrazine groups is 1. The summed E-state index contributed by atoms with van der Waals surface area (Å²) in [6, 6.07) is 2.57. The molecule has 0 spiro atoms. The summed E-state index contributed by atoms with van der Waals surface area (Å²) in [5.41, 5.74) is 2.57. The van der Waals surface area contributed by atoms with Crippen LogP contribution in [0.4, 0.5) is 8.78 Å². The highest BCUT2D eigenvalue weighted by Crippen LogP contribution is 2.30. The molecule has 4 nitrogen and oxygen atoms in total. The zero-order valence-corrected chi connectivity index (χ0v) is 11.1. The molecular formula is C12H16F2N2O2S. The average Bonchev–Trinajstić information content (AvgIpc) is 2.69. The van der Waals surface area contributed by atoms with E-state index in [1.165, 1.54) is 0 Å². The Kier molecular flexibility index (Phi) is 4.17. The highest BCUT2D eigenvalue weighted by Gasteiger charge is 2.30. The molecule has 1 saturated heterocycles. The number of benzene rings is 1. The number of hydrogen-bond donors (Lipinski definition) is 2. The lowest BCUT2D eigenvalue weighted by atomic mass is 9.94. The van der Waals surface area contributed by atoms with Gasteiger partial charge in [0.2, 0.25) is 0 Å². The molecule has 1 heterocycles. The highest BCUT2D eigenvalue weighted by atomic mass is 32.2. The van der Waals surface area contributed by atoms with Crippen LogP contribution in [0.1, 0.15) is 24.4 Å². The Labute approximate surface area is 110 Å². The van der Waals surface area contributed by atoms with Crippen molar-refractivity contribution in [3.8, 4) is 0 Å². The monoisotopic (exact) mass is 290 g/mol. The Morgan fingerprint density at radius 2 is 2.16 bits per heavy atom. The lowest BCUT2D eigenvalue weighted by Crippen LogP contribution is -2.30. The van der Waals surface area contributed by atoms with Crippen LogP contribution in [0.15, 0.2) is 18.2 Å². The van der Waals surface area contributed by atoms with Crippen molar-refractivity contribution < 1.29 is 17.2 Å². The van der Waals surface area contributed by atoms with Gasteiger partial charge >= 0.3 is 0 Å². The van der Waals surface area contributed by atoms with Crippen LogP contribution in [0.5, 0.6) is 0 Å². The SMILES string of the molecule is NNC(CC1CCS(=O)(=O)C1)c1cc(F)ccc1F. The highest BCUT2D eigenvalue weighted by molar-refractivity contribution is 7.91. The molecule has 2 rings (SSSR count). The van der Waals surface area contributed by atoms with Crippen LogP contribution in [0.3, 0.4) is 0 Å². The van der Waals surface area contributed by atoms with E-state index < -0.39 is 27.5 Å². The van der Waals surface area contributed by atoms with Gasteiger partial charge in [0.05, 0.1) is 11.5 Å². The molecule has 1 aliphatic rings. The molecule has 0 amide bonds. The number of halogens is 2. The topological polar surface area (TPSA) is 72.2 Å². The third-order valence-corrected chi connectivity index (χ3v) is 5.27. The average molecular weight is 290 g/mol. The molecule has 0 aromatic heterocycles. The quantitative estimate of drug-likeness (QED) is 0.647. The lowest BCUT2D eigenvalue weighted by Gasteiger charge is -2.20. The summed E-state index contributed by atoms with van der Waals surface area (Å²) >= 11 is 0. The Balaban J connectivity index is 2.14. The van der Waals surface area contributed by atoms with E-state index >= 15 is 0 Å². The summed E-state index contributed by atoms with van der Waals surface area (Å²) in [5, 5.41) is 0. The van der Waals surface area contributed by atoms with Gasteiger partial charge in [-0.1, -0.05) is 0 Å². The number of hydrogen-bond acceptors (Lipinski definition) is 4. The van der Waals surface area contributed by atoms with Crippen molar-refractivity contribution in [2.45, 2.75) is 18.9 Å². The summed E-state index contributed by atoms with van der Waals surface area (Å²) < 4.78 is 49.6. The van der Waals surface area contributed by atoms with Gasteiger partial charge in [-0.25, -0.2) is 17.2 Å². The van der Waals surface area contributed by atoms with E-state index in [2.05, 4.69) is 5.43 Å². The van der Waals surface area contributed by atoms with Crippen LogP contribution in [0, 0.1) is 17.6 Å². The number of sulfone groups is 1. The van der Waals surface area contributed by atoms with Crippen LogP contribution < -0.4 is 11.3 Å². The third-order valence-electron chi connectivity index (χ3n) is 3.43. The maximum Gasteiger partial charge on any atom is 0.150 e. The molecule has 3 N–H and O–H groups in total. The zero-order valence-electron chi connectivity index (χ0n) is 10.3. The van der Waals surface area contributed by atoms with Crippen molar-refractivity contribution in [2.24, 2.45) is 11.8 Å². The molecule has 19 heavy (non-hydrogen) atoms. The molecule has 2 unspecified atom stereocenters. The Morgan fingerprint density at radius 3 is 2.74 bits per heavy atom. The van der Waals surface area contributed by atoms with Crippen molar-refractivity contribution >= 4 is 9.84 Å². The fraction of sp³-hybridized carbons (Fsp3) is 0.500. The van der Waals surface area contributed by atoms with E-state index in [0.29, 0.717) is 12.8 Å². The fourth-order valence-corrected chi connectivity index (χ4v) is 4.34. The predicted molar refractivity (Wildman–Crippen MR) is 67.8 cm³/mol. The normalized spacial score (nSPS) is 23.4. The van der Waals surface area contributed by atoms with Crippen molar-refractivity contribution in [3.63, 3.8) is 0 Å². The van der Waals surface area contributed by atoms with E-state index in [1.807, 2.05) is 0 Å². The molecule has 0 bridgehead atoms. The molecule has 1 fully saturated rings. The van der Waals surface area contributed by atoms with Gasteiger partial charge in [-0.05, 0) is 37.0 Å². The third kappa shape index (κ3) is 3.49. The summed E-state index contributed by atoms with van der Waals surface area (Å²) in [5.74, 6) is 4.45. The summed E-state index contributed by atoms with van der Waals surface area (Å²) in [6.45, 7) is 0. The van der Waals surface area contributed by atoms with Crippen LogP contribution in [-0.2, 0) is 9.84 Å². The summed E-state index contributed by atoms with van der Waals surface area (Å²) in [4.78, 5) is 0. The maximum absolute atomic E-state index is 13.7. The molecule has 2 atom stereocenters. The minimum absolute atomic E-state index is 0.0753. The summed E-state index contributed by atoms with van der Waals surface area (Å²) in [6.07, 6.45) is 0.910. The molecule has 0 radical (unpaired) electrons.